The fraction of sp³-hybridized carbons (Fsp3) is 0.278. The van der Waals surface area contributed by atoms with Gasteiger partial charge >= 0.3 is 6.01 Å². The number of nitrogens with zero attached hydrogens (tertiary/aromatic N) is 4. The Hall–Kier alpha value is -2.81. The molecule has 0 radical (unpaired) electrons. The van der Waals surface area contributed by atoms with Gasteiger partial charge in [-0.05, 0) is 52.5 Å². The van der Waals surface area contributed by atoms with E-state index in [2.05, 4.69) is 25.9 Å². The van der Waals surface area contributed by atoms with Crippen molar-refractivity contribution in [3.8, 4) is 6.01 Å². The maximum atomic E-state index is 12.4. The number of carbonyl (C=O) groups is 1. The van der Waals surface area contributed by atoms with E-state index in [1.165, 1.54) is 18.2 Å². The largest absolute Gasteiger partial charge is 0.458 e. The molecule has 0 bridgehead atoms. The Bertz CT molecular complexity index is 839. The van der Waals surface area contributed by atoms with E-state index in [0.717, 1.165) is 22.9 Å². The number of carbonyl (C=O) groups excluding carboxylic acids is 1. The minimum atomic E-state index is -0.457. The monoisotopic (exact) mass is 432 g/mol. The van der Waals surface area contributed by atoms with Crippen molar-refractivity contribution in [3.63, 3.8) is 0 Å². The summed E-state index contributed by atoms with van der Waals surface area (Å²) in [6.07, 6.45) is 7.85. The Morgan fingerprint density at radius 2 is 2.00 bits per heavy atom. The average Bonchev–Trinajstić information content (AvgIpc) is 2.68. The predicted molar refractivity (Wildman–Crippen MR) is 102 cm³/mol. The van der Waals surface area contributed by atoms with Crippen LogP contribution in [0.5, 0.6) is 6.01 Å². The normalized spacial score (nSPS) is 17.1. The first kappa shape index (κ1) is 19.0. The van der Waals surface area contributed by atoms with Gasteiger partial charge in [0.1, 0.15) is 6.10 Å². The number of hydrogen-bond donors (Lipinski definition) is 0. The number of nitro benzene ring substituents is 1. The first-order valence-corrected chi connectivity index (χ1v) is 9.16. The molecular formula is C18H17BrN4O4. The van der Waals surface area contributed by atoms with Crippen molar-refractivity contribution in [2.75, 3.05) is 13.1 Å². The zero-order valence-electron chi connectivity index (χ0n) is 14.3. The molecule has 8 nitrogen and oxygen atoms in total. The van der Waals surface area contributed by atoms with Crippen molar-refractivity contribution < 1.29 is 14.5 Å². The summed E-state index contributed by atoms with van der Waals surface area (Å²) in [5.41, 5.74) is 0.742. The molecular weight excluding hydrogens is 416 g/mol. The van der Waals surface area contributed by atoms with E-state index in [4.69, 9.17) is 4.74 Å². The summed E-state index contributed by atoms with van der Waals surface area (Å²) < 4.78 is 6.53. The number of hydrogen-bond acceptors (Lipinski definition) is 6. The van der Waals surface area contributed by atoms with Crippen LogP contribution in [0, 0.1) is 10.1 Å². The third-order valence-corrected chi connectivity index (χ3v) is 4.49. The van der Waals surface area contributed by atoms with Crippen LogP contribution in [-0.4, -0.2) is 44.9 Å². The molecule has 1 aliphatic rings. The smallest absolute Gasteiger partial charge is 0.316 e. The Labute approximate surface area is 164 Å². The van der Waals surface area contributed by atoms with Crippen LogP contribution >= 0.6 is 15.9 Å². The SMILES string of the molecule is O=C(/C=C/c1ccc([N+](=O)[O-])cc1)N1CCCC(Oc2ncc(Br)cn2)C1. The summed E-state index contributed by atoms with van der Waals surface area (Å²) >= 11 is 3.27. The number of aromatic nitrogens is 2. The number of halogens is 1. The number of piperidine rings is 1. The molecule has 1 unspecified atom stereocenters. The van der Waals surface area contributed by atoms with Gasteiger partial charge in [0.15, 0.2) is 0 Å². The molecule has 3 rings (SSSR count). The molecule has 1 amide bonds. The number of rotatable bonds is 5. The van der Waals surface area contributed by atoms with Gasteiger partial charge < -0.3 is 9.64 Å². The number of ether oxygens (including phenoxy) is 1. The topological polar surface area (TPSA) is 98.5 Å². The van der Waals surface area contributed by atoms with E-state index >= 15 is 0 Å². The van der Waals surface area contributed by atoms with Gasteiger partial charge in [-0.15, -0.1) is 0 Å². The van der Waals surface area contributed by atoms with Gasteiger partial charge in [0.25, 0.3) is 5.69 Å². The zero-order chi connectivity index (χ0) is 19.2. The van der Waals surface area contributed by atoms with Crippen LogP contribution in [0.3, 0.4) is 0 Å². The highest BCUT2D eigenvalue weighted by Crippen LogP contribution is 2.17. The Morgan fingerprint density at radius 3 is 2.67 bits per heavy atom. The summed E-state index contributed by atoms with van der Waals surface area (Å²) in [6.45, 7) is 1.12. The summed E-state index contributed by atoms with van der Waals surface area (Å²) in [4.78, 5) is 32.5. The number of non-ortho nitro benzene ring substituents is 1. The van der Waals surface area contributed by atoms with Gasteiger partial charge in [0.05, 0.1) is 15.9 Å². The van der Waals surface area contributed by atoms with Gasteiger partial charge in [-0.1, -0.05) is 0 Å². The Balaban J connectivity index is 1.57. The molecule has 0 aliphatic carbocycles. The van der Waals surface area contributed by atoms with Gasteiger partial charge in [-0.2, -0.15) is 0 Å². The summed E-state index contributed by atoms with van der Waals surface area (Å²) in [6, 6.07) is 6.32. The third kappa shape index (κ3) is 5.33. The van der Waals surface area contributed by atoms with Gasteiger partial charge in [0, 0.05) is 37.1 Å². The summed E-state index contributed by atoms with van der Waals surface area (Å²) in [7, 11) is 0. The highest BCUT2D eigenvalue weighted by atomic mass is 79.9. The zero-order valence-corrected chi connectivity index (χ0v) is 15.9. The fourth-order valence-corrected chi connectivity index (χ4v) is 2.93. The fourth-order valence-electron chi connectivity index (χ4n) is 2.72. The lowest BCUT2D eigenvalue weighted by Crippen LogP contribution is -2.43. The molecule has 27 heavy (non-hydrogen) atoms. The van der Waals surface area contributed by atoms with Crippen LogP contribution in [0.25, 0.3) is 6.08 Å². The highest BCUT2D eigenvalue weighted by Gasteiger charge is 2.24. The second kappa shape index (κ2) is 8.72. The third-order valence-electron chi connectivity index (χ3n) is 4.08. The molecule has 2 aromatic rings. The van der Waals surface area contributed by atoms with Crippen molar-refractivity contribution in [1.29, 1.82) is 0 Å². The molecule has 1 aromatic carbocycles. The second-order valence-corrected chi connectivity index (χ2v) is 6.95. The summed E-state index contributed by atoms with van der Waals surface area (Å²) in [5, 5.41) is 10.7. The lowest BCUT2D eigenvalue weighted by molar-refractivity contribution is -0.384. The molecule has 9 heteroatoms. The van der Waals surface area contributed by atoms with Gasteiger partial charge in [-0.3, -0.25) is 14.9 Å². The van der Waals surface area contributed by atoms with Gasteiger partial charge in [0.2, 0.25) is 5.91 Å². The van der Waals surface area contributed by atoms with E-state index in [0.29, 0.717) is 19.1 Å². The van der Waals surface area contributed by atoms with E-state index in [1.54, 1.807) is 35.5 Å². The number of likely N-dealkylation sites (tertiary alicyclic amines) is 1. The Morgan fingerprint density at radius 1 is 1.30 bits per heavy atom. The number of benzene rings is 1. The van der Waals surface area contributed by atoms with Crippen molar-refractivity contribution in [1.82, 2.24) is 14.9 Å². The standard InChI is InChI=1S/C18H17BrN4O4/c19-14-10-20-18(21-11-14)27-16-2-1-9-22(12-16)17(24)8-5-13-3-6-15(7-4-13)23(25)26/h3-8,10-11,16H,1-2,9,12H2/b8-5+. The highest BCUT2D eigenvalue weighted by molar-refractivity contribution is 9.10. The predicted octanol–water partition coefficient (Wildman–Crippen LogP) is 3.23. The van der Waals surface area contributed by atoms with Crippen molar-refractivity contribution >= 4 is 33.6 Å². The minimum absolute atomic E-state index is 0.0182. The van der Waals surface area contributed by atoms with Crippen LogP contribution in [0.1, 0.15) is 18.4 Å². The molecule has 0 spiro atoms. The van der Waals surface area contributed by atoms with Crippen LogP contribution in [0.2, 0.25) is 0 Å². The lowest BCUT2D eigenvalue weighted by atomic mass is 10.1. The van der Waals surface area contributed by atoms with Crippen LogP contribution in [-0.2, 0) is 4.79 Å². The molecule has 1 aliphatic heterocycles. The first-order chi connectivity index (χ1) is 13.0. The van der Waals surface area contributed by atoms with E-state index in [1.807, 2.05) is 0 Å². The number of amides is 1. The van der Waals surface area contributed by atoms with E-state index < -0.39 is 4.92 Å². The maximum absolute atomic E-state index is 12.4. The number of nitro groups is 1. The minimum Gasteiger partial charge on any atom is -0.458 e. The lowest BCUT2D eigenvalue weighted by Gasteiger charge is -2.31. The molecule has 0 saturated carbocycles. The molecule has 1 fully saturated rings. The molecule has 1 saturated heterocycles. The van der Waals surface area contributed by atoms with Crippen LogP contribution in [0.4, 0.5) is 5.69 Å². The van der Waals surface area contributed by atoms with Crippen molar-refractivity contribution in [2.24, 2.45) is 0 Å². The van der Waals surface area contributed by atoms with Crippen LogP contribution < -0.4 is 4.74 Å². The average molecular weight is 433 g/mol. The quantitative estimate of drug-likeness (QED) is 0.408. The second-order valence-electron chi connectivity index (χ2n) is 6.03. The van der Waals surface area contributed by atoms with Gasteiger partial charge in [-0.25, -0.2) is 9.97 Å². The summed E-state index contributed by atoms with van der Waals surface area (Å²) in [5.74, 6) is -0.127. The van der Waals surface area contributed by atoms with Crippen molar-refractivity contribution in [3.05, 3.63) is 62.9 Å². The van der Waals surface area contributed by atoms with E-state index in [-0.39, 0.29) is 17.7 Å². The molecule has 0 N–H and O–H groups in total. The maximum Gasteiger partial charge on any atom is 0.316 e. The van der Waals surface area contributed by atoms with E-state index in [9.17, 15) is 14.9 Å². The molecule has 1 atom stereocenters. The Kier molecular flexibility index (Phi) is 6.12. The molecule has 2 heterocycles. The van der Waals surface area contributed by atoms with Crippen molar-refractivity contribution in [2.45, 2.75) is 18.9 Å². The molecule has 1 aromatic heterocycles. The molecule has 140 valence electrons. The van der Waals surface area contributed by atoms with Crippen LogP contribution in [0.15, 0.2) is 47.2 Å². The first-order valence-electron chi connectivity index (χ1n) is 8.37.